The first-order chi connectivity index (χ1) is 13.3. The fraction of sp³-hybridized carbons (Fsp3) is 0.0500. The molecule has 0 saturated heterocycles. The maximum Gasteiger partial charge on any atom is 0.257 e. The van der Waals surface area contributed by atoms with Crippen molar-refractivity contribution in [1.29, 1.82) is 0 Å². The van der Waals surface area contributed by atoms with E-state index in [0.29, 0.717) is 33.5 Å². The van der Waals surface area contributed by atoms with Gasteiger partial charge in [0.1, 0.15) is 10.7 Å². The first-order valence-corrected chi connectivity index (χ1v) is 9.11. The molecule has 7 heteroatoms. The number of para-hydroxylation sites is 1. The van der Waals surface area contributed by atoms with Crippen molar-refractivity contribution in [2.24, 2.45) is 0 Å². The monoisotopic (exact) mass is 375 g/mol. The normalized spacial score (nSPS) is 12.3. The van der Waals surface area contributed by atoms with E-state index in [1.807, 2.05) is 24.3 Å². The molecule has 0 radical (unpaired) electrons. The number of fused-ring (bicyclic) bond motifs is 2. The lowest BCUT2D eigenvalue weighted by Crippen LogP contribution is -2.13. The van der Waals surface area contributed by atoms with Crippen LogP contribution >= 0.6 is 11.3 Å². The zero-order valence-electron chi connectivity index (χ0n) is 14.0. The van der Waals surface area contributed by atoms with E-state index < -0.39 is 0 Å². The van der Waals surface area contributed by atoms with Crippen molar-refractivity contribution in [3.05, 3.63) is 66.4 Å². The van der Waals surface area contributed by atoms with Gasteiger partial charge >= 0.3 is 0 Å². The van der Waals surface area contributed by atoms with Gasteiger partial charge in [0.05, 0.1) is 15.8 Å². The Labute approximate surface area is 158 Å². The number of carbonyl (C=O) groups excluding carboxylic acids is 1. The van der Waals surface area contributed by atoms with Gasteiger partial charge in [0.15, 0.2) is 11.5 Å². The van der Waals surface area contributed by atoms with Crippen molar-refractivity contribution in [2.45, 2.75) is 0 Å². The summed E-state index contributed by atoms with van der Waals surface area (Å²) in [6.07, 6.45) is 1.67. The fourth-order valence-corrected chi connectivity index (χ4v) is 3.88. The van der Waals surface area contributed by atoms with Crippen molar-refractivity contribution in [2.75, 3.05) is 12.1 Å². The van der Waals surface area contributed by atoms with Crippen LogP contribution in [0.1, 0.15) is 10.4 Å². The molecule has 1 amide bonds. The molecule has 3 heterocycles. The molecule has 4 aromatic rings. The molecule has 0 unspecified atom stereocenters. The summed E-state index contributed by atoms with van der Waals surface area (Å²) in [6.45, 7) is 0.192. The predicted octanol–water partition coefficient (Wildman–Crippen LogP) is 4.34. The SMILES string of the molecule is O=C(Nc1ccc2c(c1)OCO2)c1cccnc1-c1nc2ccccc2s1. The van der Waals surface area contributed by atoms with Crippen molar-refractivity contribution in [1.82, 2.24) is 9.97 Å². The number of aromatic nitrogens is 2. The Hall–Kier alpha value is -3.45. The Morgan fingerprint density at radius 2 is 1.93 bits per heavy atom. The summed E-state index contributed by atoms with van der Waals surface area (Å²) in [5.41, 5.74) is 2.56. The van der Waals surface area contributed by atoms with E-state index >= 15 is 0 Å². The highest BCUT2D eigenvalue weighted by Crippen LogP contribution is 2.35. The van der Waals surface area contributed by atoms with Gasteiger partial charge in [-0.1, -0.05) is 12.1 Å². The first-order valence-electron chi connectivity index (χ1n) is 8.30. The lowest BCUT2D eigenvalue weighted by atomic mass is 10.1. The van der Waals surface area contributed by atoms with Gasteiger partial charge in [0.25, 0.3) is 5.91 Å². The molecule has 0 atom stereocenters. The third kappa shape index (κ3) is 2.88. The van der Waals surface area contributed by atoms with Crippen LogP contribution in [0.15, 0.2) is 60.8 Å². The van der Waals surface area contributed by atoms with Gasteiger partial charge in [0.2, 0.25) is 6.79 Å². The second kappa shape index (κ2) is 6.37. The Balaban J connectivity index is 1.49. The number of nitrogens with zero attached hydrogens (tertiary/aromatic N) is 2. The van der Waals surface area contributed by atoms with Gasteiger partial charge in [-0.25, -0.2) is 4.98 Å². The highest BCUT2D eigenvalue weighted by molar-refractivity contribution is 7.21. The number of amides is 1. The van der Waals surface area contributed by atoms with Gasteiger partial charge in [-0.3, -0.25) is 9.78 Å². The topological polar surface area (TPSA) is 73.3 Å². The van der Waals surface area contributed by atoms with E-state index in [9.17, 15) is 4.79 Å². The molecule has 2 aromatic heterocycles. The number of carbonyl (C=O) groups is 1. The maximum absolute atomic E-state index is 12.9. The number of anilines is 1. The summed E-state index contributed by atoms with van der Waals surface area (Å²) >= 11 is 1.51. The number of hydrogen-bond donors (Lipinski definition) is 1. The number of hydrogen-bond acceptors (Lipinski definition) is 6. The highest BCUT2D eigenvalue weighted by Gasteiger charge is 2.19. The lowest BCUT2D eigenvalue weighted by Gasteiger charge is -2.08. The van der Waals surface area contributed by atoms with Gasteiger partial charge in [-0.05, 0) is 36.4 Å². The smallest absolute Gasteiger partial charge is 0.257 e. The van der Waals surface area contributed by atoms with Crippen LogP contribution in [-0.2, 0) is 0 Å². The third-order valence-electron chi connectivity index (χ3n) is 4.18. The molecule has 0 bridgehead atoms. The van der Waals surface area contributed by atoms with Crippen LogP contribution in [0, 0.1) is 0 Å². The Kier molecular flexibility index (Phi) is 3.72. The molecule has 1 aliphatic rings. The van der Waals surface area contributed by atoms with Crippen LogP contribution in [0.5, 0.6) is 11.5 Å². The average Bonchev–Trinajstić information content (AvgIpc) is 3.34. The molecule has 27 heavy (non-hydrogen) atoms. The van der Waals surface area contributed by atoms with Crippen molar-refractivity contribution in [3.63, 3.8) is 0 Å². The van der Waals surface area contributed by atoms with Crippen LogP contribution in [0.4, 0.5) is 5.69 Å². The molecule has 5 rings (SSSR count). The van der Waals surface area contributed by atoms with E-state index in [4.69, 9.17) is 9.47 Å². The van der Waals surface area contributed by atoms with Crippen molar-refractivity contribution >= 4 is 33.1 Å². The number of benzene rings is 2. The van der Waals surface area contributed by atoms with Crippen LogP contribution in [-0.4, -0.2) is 22.7 Å². The molecular formula is C20H13N3O3S. The van der Waals surface area contributed by atoms with Crippen LogP contribution in [0.25, 0.3) is 20.9 Å². The molecule has 0 saturated carbocycles. The zero-order valence-corrected chi connectivity index (χ0v) is 14.8. The second-order valence-corrected chi connectivity index (χ2v) is 6.94. The van der Waals surface area contributed by atoms with E-state index in [2.05, 4.69) is 15.3 Å². The summed E-state index contributed by atoms with van der Waals surface area (Å²) in [5.74, 6) is 1.03. The second-order valence-electron chi connectivity index (χ2n) is 5.91. The van der Waals surface area contributed by atoms with E-state index in [1.165, 1.54) is 11.3 Å². The fourth-order valence-electron chi connectivity index (χ4n) is 2.91. The number of rotatable bonds is 3. The van der Waals surface area contributed by atoms with E-state index in [0.717, 1.165) is 10.2 Å². The van der Waals surface area contributed by atoms with Crippen LogP contribution < -0.4 is 14.8 Å². The Morgan fingerprint density at radius 1 is 1.04 bits per heavy atom. The number of pyridine rings is 1. The van der Waals surface area contributed by atoms with E-state index in [1.54, 1.807) is 36.5 Å². The lowest BCUT2D eigenvalue weighted by molar-refractivity contribution is 0.102. The average molecular weight is 375 g/mol. The minimum absolute atomic E-state index is 0.192. The molecule has 1 aliphatic heterocycles. The molecule has 132 valence electrons. The van der Waals surface area contributed by atoms with Crippen LogP contribution in [0.2, 0.25) is 0 Å². The molecule has 6 nitrogen and oxygen atoms in total. The van der Waals surface area contributed by atoms with Gasteiger partial charge < -0.3 is 14.8 Å². The molecule has 0 fully saturated rings. The highest BCUT2D eigenvalue weighted by atomic mass is 32.1. The van der Waals surface area contributed by atoms with Gasteiger partial charge in [-0.15, -0.1) is 11.3 Å². The van der Waals surface area contributed by atoms with Crippen molar-refractivity contribution in [3.8, 4) is 22.2 Å². The Morgan fingerprint density at radius 3 is 2.85 bits per heavy atom. The van der Waals surface area contributed by atoms with Crippen LogP contribution in [0.3, 0.4) is 0 Å². The summed E-state index contributed by atoms with van der Waals surface area (Å²) in [4.78, 5) is 21.9. The number of thiazole rings is 1. The van der Waals surface area contributed by atoms with E-state index in [-0.39, 0.29) is 12.7 Å². The number of nitrogens with one attached hydrogen (secondary N) is 1. The summed E-state index contributed by atoms with van der Waals surface area (Å²) in [6, 6.07) is 16.6. The number of ether oxygens (including phenoxy) is 2. The summed E-state index contributed by atoms with van der Waals surface area (Å²) in [5, 5.41) is 3.61. The maximum atomic E-state index is 12.9. The zero-order chi connectivity index (χ0) is 18.2. The summed E-state index contributed by atoms with van der Waals surface area (Å²) < 4.78 is 11.7. The molecular weight excluding hydrogens is 362 g/mol. The third-order valence-corrected chi connectivity index (χ3v) is 5.22. The molecule has 0 spiro atoms. The minimum Gasteiger partial charge on any atom is -0.454 e. The van der Waals surface area contributed by atoms with Gasteiger partial charge in [0, 0.05) is 18.0 Å². The molecule has 0 aliphatic carbocycles. The quantitative estimate of drug-likeness (QED) is 0.577. The molecule has 2 aromatic carbocycles. The molecule has 1 N–H and O–H groups in total. The summed E-state index contributed by atoms with van der Waals surface area (Å²) in [7, 11) is 0. The predicted molar refractivity (Wildman–Crippen MR) is 103 cm³/mol. The van der Waals surface area contributed by atoms with Gasteiger partial charge in [-0.2, -0.15) is 0 Å². The van der Waals surface area contributed by atoms with Crippen molar-refractivity contribution < 1.29 is 14.3 Å². The first kappa shape index (κ1) is 15.8. The minimum atomic E-state index is -0.253. The standard InChI is InChI=1S/C20H13N3O3S/c24-19(22-12-7-8-15-16(10-12)26-11-25-15)13-4-3-9-21-18(13)20-23-14-5-1-2-6-17(14)27-20/h1-10H,11H2,(H,22,24). The largest absolute Gasteiger partial charge is 0.454 e. The Bertz CT molecular complexity index is 1140.